The molecular weight excluding hydrogens is 464 g/mol. The largest absolute Gasteiger partial charge is 0.373 e. The number of ether oxygens (including phenoxy) is 1. The number of aliphatic imine (C=N–C) groups is 1. The topological polar surface area (TPSA) is 45.7 Å². The molecule has 7 heteroatoms. The fraction of sp³-hybridized carbons (Fsp3) is 0.533. The summed E-state index contributed by atoms with van der Waals surface area (Å²) >= 11 is 3.35. The van der Waals surface area contributed by atoms with Crippen molar-refractivity contribution < 1.29 is 9.13 Å². The summed E-state index contributed by atoms with van der Waals surface area (Å²) in [6.45, 7) is 3.97. The van der Waals surface area contributed by atoms with Gasteiger partial charge in [-0.2, -0.15) is 0 Å². The fourth-order valence-corrected chi connectivity index (χ4v) is 2.73. The summed E-state index contributed by atoms with van der Waals surface area (Å²) in [7, 11) is 1.70. The zero-order valence-electron chi connectivity index (χ0n) is 12.8. The van der Waals surface area contributed by atoms with Crippen LogP contribution < -0.4 is 10.6 Å². The van der Waals surface area contributed by atoms with Crippen LogP contribution in [-0.2, 0) is 11.3 Å². The van der Waals surface area contributed by atoms with E-state index >= 15 is 0 Å². The van der Waals surface area contributed by atoms with Crippen LogP contribution in [0.25, 0.3) is 0 Å². The third kappa shape index (κ3) is 5.66. The Morgan fingerprint density at radius 2 is 2.23 bits per heavy atom. The van der Waals surface area contributed by atoms with E-state index in [2.05, 4.69) is 38.5 Å². The highest BCUT2D eigenvalue weighted by atomic mass is 127. The molecule has 1 aromatic carbocycles. The number of rotatable bonds is 4. The minimum atomic E-state index is -0.229. The van der Waals surface area contributed by atoms with Crippen molar-refractivity contribution in [3.63, 3.8) is 0 Å². The Balaban J connectivity index is 0.00000242. The summed E-state index contributed by atoms with van der Waals surface area (Å²) in [6, 6.07) is 4.89. The molecule has 1 unspecified atom stereocenters. The predicted molar refractivity (Wildman–Crippen MR) is 101 cm³/mol. The van der Waals surface area contributed by atoms with E-state index in [4.69, 9.17) is 4.74 Å². The highest BCUT2D eigenvalue weighted by Gasteiger charge is 2.29. The molecule has 1 atom stereocenters. The van der Waals surface area contributed by atoms with Crippen LogP contribution >= 0.6 is 39.9 Å². The predicted octanol–water partition coefficient (Wildman–Crippen LogP) is 3.44. The molecule has 1 fully saturated rings. The van der Waals surface area contributed by atoms with E-state index in [1.165, 1.54) is 6.07 Å². The first kappa shape index (κ1) is 19.6. The van der Waals surface area contributed by atoms with Crippen molar-refractivity contribution in [3.8, 4) is 0 Å². The molecule has 0 bridgehead atoms. The van der Waals surface area contributed by atoms with E-state index in [0.29, 0.717) is 24.6 Å². The van der Waals surface area contributed by atoms with Gasteiger partial charge >= 0.3 is 0 Å². The van der Waals surface area contributed by atoms with Gasteiger partial charge in [-0.25, -0.2) is 4.39 Å². The van der Waals surface area contributed by atoms with Gasteiger partial charge in [0, 0.05) is 36.8 Å². The summed E-state index contributed by atoms with van der Waals surface area (Å²) in [4.78, 5) is 4.15. The summed E-state index contributed by atoms with van der Waals surface area (Å²) in [5.41, 5.74) is 0.453. The van der Waals surface area contributed by atoms with Gasteiger partial charge in [-0.15, -0.1) is 24.0 Å². The summed E-state index contributed by atoms with van der Waals surface area (Å²) in [6.07, 6.45) is 2.13. The first-order valence-corrected chi connectivity index (χ1v) is 7.84. The van der Waals surface area contributed by atoms with E-state index in [9.17, 15) is 4.39 Å². The van der Waals surface area contributed by atoms with Gasteiger partial charge in [-0.1, -0.05) is 15.9 Å². The number of guanidine groups is 1. The summed E-state index contributed by atoms with van der Waals surface area (Å²) < 4.78 is 20.3. The van der Waals surface area contributed by atoms with Crippen LogP contribution in [0.3, 0.4) is 0 Å². The monoisotopic (exact) mass is 485 g/mol. The molecular formula is C15H22BrFIN3O. The van der Waals surface area contributed by atoms with Crippen LogP contribution in [0.1, 0.15) is 25.3 Å². The maximum Gasteiger partial charge on any atom is 0.191 e. The van der Waals surface area contributed by atoms with Gasteiger partial charge in [0.25, 0.3) is 0 Å². The van der Waals surface area contributed by atoms with Gasteiger partial charge in [-0.3, -0.25) is 4.99 Å². The molecule has 1 heterocycles. The number of benzene rings is 1. The number of nitrogens with one attached hydrogen (secondary N) is 2. The van der Waals surface area contributed by atoms with Gasteiger partial charge in [0.2, 0.25) is 0 Å². The second-order valence-electron chi connectivity index (χ2n) is 5.42. The van der Waals surface area contributed by atoms with Crippen LogP contribution in [0.15, 0.2) is 27.7 Å². The molecule has 2 rings (SSSR count). The molecule has 124 valence electrons. The van der Waals surface area contributed by atoms with E-state index in [1.54, 1.807) is 19.2 Å². The Morgan fingerprint density at radius 1 is 1.45 bits per heavy atom. The quantitative estimate of drug-likeness (QED) is 0.390. The van der Waals surface area contributed by atoms with E-state index < -0.39 is 0 Å². The Hall–Kier alpha value is -0.410. The van der Waals surface area contributed by atoms with Crippen molar-refractivity contribution in [2.75, 3.05) is 20.2 Å². The molecule has 1 saturated heterocycles. The van der Waals surface area contributed by atoms with Crippen molar-refractivity contribution in [2.45, 2.75) is 31.9 Å². The van der Waals surface area contributed by atoms with Crippen LogP contribution in [0.4, 0.5) is 4.39 Å². The highest BCUT2D eigenvalue weighted by molar-refractivity contribution is 14.0. The number of hydrogen-bond donors (Lipinski definition) is 2. The second kappa shape index (κ2) is 9.02. The lowest BCUT2D eigenvalue weighted by atomic mass is 10.0. The zero-order chi connectivity index (χ0) is 15.3. The smallest absolute Gasteiger partial charge is 0.191 e. The molecule has 2 N–H and O–H groups in total. The second-order valence-corrected chi connectivity index (χ2v) is 6.33. The molecule has 0 aliphatic carbocycles. The molecule has 0 radical (unpaired) electrons. The standard InChI is InChI=1S/C15H21BrFN3O.HI/c1-15(6-3-7-21-15)10-20-14(18-2)19-9-11-8-12(16)4-5-13(11)17;/h4-5,8H,3,6-7,9-10H2,1-2H3,(H2,18,19,20);1H. The Labute approximate surface area is 156 Å². The maximum absolute atomic E-state index is 13.7. The Kier molecular flexibility index (Phi) is 8.06. The van der Waals surface area contributed by atoms with Gasteiger partial charge in [0.15, 0.2) is 5.96 Å². The number of hydrogen-bond acceptors (Lipinski definition) is 2. The van der Waals surface area contributed by atoms with Gasteiger partial charge in [0.05, 0.1) is 5.60 Å². The van der Waals surface area contributed by atoms with Crippen molar-refractivity contribution >= 4 is 45.9 Å². The highest BCUT2D eigenvalue weighted by Crippen LogP contribution is 2.23. The molecule has 22 heavy (non-hydrogen) atoms. The SMILES string of the molecule is CN=C(NCc1cc(Br)ccc1F)NCC1(C)CCCO1.I. The lowest BCUT2D eigenvalue weighted by Gasteiger charge is -2.24. The Bertz CT molecular complexity index is 522. The average Bonchev–Trinajstić information content (AvgIpc) is 2.90. The van der Waals surface area contributed by atoms with E-state index in [-0.39, 0.29) is 35.4 Å². The van der Waals surface area contributed by atoms with Crippen LogP contribution in [0.2, 0.25) is 0 Å². The third-order valence-corrected chi connectivity index (χ3v) is 4.10. The Morgan fingerprint density at radius 3 is 2.86 bits per heavy atom. The summed E-state index contributed by atoms with van der Waals surface area (Å²) in [5, 5.41) is 6.35. The molecule has 1 aromatic rings. The fourth-order valence-electron chi connectivity index (χ4n) is 2.33. The molecule has 4 nitrogen and oxygen atoms in total. The zero-order valence-corrected chi connectivity index (χ0v) is 16.7. The molecule has 0 saturated carbocycles. The van der Waals surface area contributed by atoms with Gasteiger partial charge in [0.1, 0.15) is 5.82 Å². The third-order valence-electron chi connectivity index (χ3n) is 3.61. The molecule has 1 aliphatic heterocycles. The van der Waals surface area contributed by atoms with Crippen molar-refractivity contribution in [2.24, 2.45) is 4.99 Å². The summed E-state index contributed by atoms with van der Waals surface area (Å²) in [5.74, 6) is 0.415. The first-order valence-electron chi connectivity index (χ1n) is 7.05. The average molecular weight is 486 g/mol. The van der Waals surface area contributed by atoms with Crippen LogP contribution in [-0.4, -0.2) is 31.8 Å². The normalized spacial score (nSPS) is 21.4. The minimum absolute atomic E-state index is 0. The van der Waals surface area contributed by atoms with Crippen molar-refractivity contribution in [3.05, 3.63) is 34.1 Å². The van der Waals surface area contributed by atoms with Gasteiger partial charge in [-0.05, 0) is 38.0 Å². The number of nitrogens with zero attached hydrogens (tertiary/aromatic N) is 1. The molecule has 0 aromatic heterocycles. The van der Waals surface area contributed by atoms with E-state index in [0.717, 1.165) is 23.9 Å². The minimum Gasteiger partial charge on any atom is -0.373 e. The molecule has 0 spiro atoms. The van der Waals surface area contributed by atoms with Crippen LogP contribution in [0.5, 0.6) is 0 Å². The molecule has 1 aliphatic rings. The van der Waals surface area contributed by atoms with Crippen molar-refractivity contribution in [1.82, 2.24) is 10.6 Å². The first-order chi connectivity index (χ1) is 10.0. The lowest BCUT2D eigenvalue weighted by Crippen LogP contribution is -2.45. The maximum atomic E-state index is 13.7. The van der Waals surface area contributed by atoms with Gasteiger partial charge < -0.3 is 15.4 Å². The molecule has 0 amide bonds. The number of halogens is 3. The van der Waals surface area contributed by atoms with Crippen molar-refractivity contribution in [1.29, 1.82) is 0 Å². The van der Waals surface area contributed by atoms with E-state index in [1.807, 2.05) is 0 Å². The van der Waals surface area contributed by atoms with Crippen LogP contribution in [0, 0.1) is 5.82 Å². The lowest BCUT2D eigenvalue weighted by molar-refractivity contribution is 0.0243.